The van der Waals surface area contributed by atoms with Crippen LogP contribution < -0.4 is 0 Å². The van der Waals surface area contributed by atoms with Gasteiger partial charge in [0.2, 0.25) is 0 Å². The van der Waals surface area contributed by atoms with E-state index >= 15 is 0 Å². The second-order valence-corrected chi connectivity index (χ2v) is 1.95. The summed E-state index contributed by atoms with van der Waals surface area (Å²) in [6.45, 7) is 2.91. The first-order valence-electron chi connectivity index (χ1n) is 2.78. The van der Waals surface area contributed by atoms with Crippen molar-refractivity contribution >= 4 is 17.6 Å². The average molecular weight is 167 g/mol. The van der Waals surface area contributed by atoms with E-state index in [4.69, 9.17) is 11.6 Å². The summed E-state index contributed by atoms with van der Waals surface area (Å²) in [5.74, 6) is -1.54. The van der Waals surface area contributed by atoms with E-state index in [9.17, 15) is 9.18 Å². The predicted molar refractivity (Wildman–Crippen MR) is 36.3 cm³/mol. The van der Waals surface area contributed by atoms with Crippen LogP contribution in [-0.4, -0.2) is 12.6 Å². The number of hydrogen-bond acceptors (Lipinski definition) is 2. The van der Waals surface area contributed by atoms with E-state index in [-0.39, 0.29) is 6.61 Å². The first-order valence-corrected chi connectivity index (χ1v) is 3.16. The molecule has 58 valence electrons. The molecule has 0 saturated heterocycles. The molecule has 0 amide bonds. The fourth-order valence-corrected chi connectivity index (χ4v) is 0.390. The first kappa shape index (κ1) is 9.43. The van der Waals surface area contributed by atoms with Gasteiger partial charge in [-0.2, -0.15) is 0 Å². The number of ether oxygens (including phenoxy) is 1. The van der Waals surface area contributed by atoms with Gasteiger partial charge in [0.1, 0.15) is 5.83 Å². The van der Waals surface area contributed by atoms with Crippen LogP contribution in [0.25, 0.3) is 0 Å². The molecule has 0 heterocycles. The van der Waals surface area contributed by atoms with Crippen LogP contribution in [0.15, 0.2) is 10.9 Å². The van der Waals surface area contributed by atoms with E-state index < -0.39 is 16.8 Å². The van der Waals surface area contributed by atoms with E-state index in [0.29, 0.717) is 0 Å². The van der Waals surface area contributed by atoms with Crippen molar-refractivity contribution in [1.82, 2.24) is 0 Å². The van der Waals surface area contributed by atoms with Gasteiger partial charge in [-0.1, -0.05) is 11.6 Å². The summed E-state index contributed by atoms with van der Waals surface area (Å²) >= 11 is 5.18. The molecule has 0 N–H and O–H groups in total. The zero-order valence-corrected chi connectivity index (χ0v) is 6.54. The molecule has 0 fully saturated rings. The molecule has 0 aliphatic carbocycles. The van der Waals surface area contributed by atoms with Gasteiger partial charge in [-0.25, -0.2) is 9.18 Å². The largest absolute Gasteiger partial charge is 0.462 e. The van der Waals surface area contributed by atoms with Crippen LogP contribution in [0.2, 0.25) is 0 Å². The van der Waals surface area contributed by atoms with Crippen LogP contribution in [0.1, 0.15) is 13.8 Å². The molecular weight excluding hydrogens is 159 g/mol. The van der Waals surface area contributed by atoms with Gasteiger partial charge in [-0.15, -0.1) is 0 Å². The maximum Gasteiger partial charge on any atom is 0.352 e. The van der Waals surface area contributed by atoms with Gasteiger partial charge in [0.15, 0.2) is 5.03 Å². The Balaban J connectivity index is 4.09. The fraction of sp³-hybridized carbons (Fsp3) is 0.500. The molecule has 0 aromatic heterocycles. The molecule has 10 heavy (non-hydrogen) atoms. The third-order valence-corrected chi connectivity index (χ3v) is 1.17. The third-order valence-electron chi connectivity index (χ3n) is 0.757. The molecule has 0 radical (unpaired) electrons. The molecule has 0 aromatic rings. The Morgan fingerprint density at radius 1 is 1.70 bits per heavy atom. The Morgan fingerprint density at radius 2 is 2.20 bits per heavy atom. The number of esters is 1. The Kier molecular flexibility index (Phi) is 4.03. The normalized spacial score (nSPS) is 12.4. The Labute approximate surface area is 63.6 Å². The molecule has 0 saturated carbocycles. The SMILES string of the molecule is CCOC(=O)/C(Cl)=C(/C)F. The van der Waals surface area contributed by atoms with Gasteiger partial charge < -0.3 is 4.74 Å². The molecule has 0 aromatic carbocycles. The Bertz CT molecular complexity index is 161. The fourth-order valence-electron chi connectivity index (χ4n) is 0.335. The molecule has 0 rings (SSSR count). The number of hydrogen-bond donors (Lipinski definition) is 0. The third kappa shape index (κ3) is 2.82. The van der Waals surface area contributed by atoms with E-state index in [1.54, 1.807) is 6.92 Å². The van der Waals surface area contributed by atoms with Crippen molar-refractivity contribution in [2.24, 2.45) is 0 Å². The minimum atomic E-state index is -0.816. The zero-order chi connectivity index (χ0) is 8.15. The molecule has 4 heteroatoms. The summed E-state index contributed by atoms with van der Waals surface area (Å²) in [6.07, 6.45) is 0. The Hall–Kier alpha value is -0.570. The smallest absolute Gasteiger partial charge is 0.352 e. The lowest BCUT2D eigenvalue weighted by Gasteiger charge is -1.98. The summed E-state index contributed by atoms with van der Waals surface area (Å²) in [7, 11) is 0. The van der Waals surface area contributed by atoms with Gasteiger partial charge >= 0.3 is 5.97 Å². The van der Waals surface area contributed by atoms with E-state index in [0.717, 1.165) is 6.92 Å². The van der Waals surface area contributed by atoms with E-state index in [1.807, 2.05) is 0 Å². The van der Waals surface area contributed by atoms with Crippen molar-refractivity contribution in [3.05, 3.63) is 10.9 Å². The van der Waals surface area contributed by atoms with E-state index in [1.165, 1.54) is 0 Å². The van der Waals surface area contributed by atoms with Gasteiger partial charge in [0.25, 0.3) is 0 Å². The van der Waals surface area contributed by atoms with Crippen molar-refractivity contribution in [2.75, 3.05) is 6.61 Å². The maximum absolute atomic E-state index is 12.1. The molecule has 0 bridgehead atoms. The standard InChI is InChI=1S/C6H8ClFO2/c1-3-10-6(9)5(7)4(2)8/h3H2,1-2H3/b5-4+. The maximum atomic E-state index is 12.1. The topological polar surface area (TPSA) is 26.3 Å². The molecule has 0 atom stereocenters. The number of rotatable bonds is 2. The van der Waals surface area contributed by atoms with Crippen molar-refractivity contribution in [3.63, 3.8) is 0 Å². The monoisotopic (exact) mass is 166 g/mol. The van der Waals surface area contributed by atoms with Crippen LogP contribution in [-0.2, 0) is 9.53 Å². The molecule has 0 spiro atoms. The van der Waals surface area contributed by atoms with Crippen molar-refractivity contribution in [2.45, 2.75) is 13.8 Å². The predicted octanol–water partition coefficient (Wildman–Crippen LogP) is 1.99. The molecular formula is C6H8ClFO2. The summed E-state index contributed by atoms with van der Waals surface area (Å²) < 4.78 is 16.5. The highest BCUT2D eigenvalue weighted by atomic mass is 35.5. The summed E-state index contributed by atoms with van der Waals surface area (Å²) in [6, 6.07) is 0. The number of carbonyl (C=O) groups is 1. The lowest BCUT2D eigenvalue weighted by molar-refractivity contribution is -0.137. The quantitative estimate of drug-likeness (QED) is 0.463. The van der Waals surface area contributed by atoms with Gasteiger partial charge in [0, 0.05) is 0 Å². The summed E-state index contributed by atoms with van der Waals surface area (Å²) in [5.41, 5.74) is 0. The second kappa shape index (κ2) is 4.28. The lowest BCUT2D eigenvalue weighted by Crippen LogP contribution is -2.04. The highest BCUT2D eigenvalue weighted by Gasteiger charge is 2.10. The molecule has 0 aliphatic heterocycles. The minimum Gasteiger partial charge on any atom is -0.462 e. The number of allylic oxidation sites excluding steroid dienone is 1. The highest BCUT2D eigenvalue weighted by Crippen LogP contribution is 2.11. The van der Waals surface area contributed by atoms with Gasteiger partial charge in [0.05, 0.1) is 6.61 Å². The minimum absolute atomic E-state index is 0.197. The van der Waals surface area contributed by atoms with Crippen LogP contribution >= 0.6 is 11.6 Å². The van der Waals surface area contributed by atoms with Gasteiger partial charge in [-0.3, -0.25) is 0 Å². The average Bonchev–Trinajstić information content (AvgIpc) is 1.87. The van der Waals surface area contributed by atoms with Crippen molar-refractivity contribution < 1.29 is 13.9 Å². The van der Waals surface area contributed by atoms with Crippen molar-refractivity contribution in [1.29, 1.82) is 0 Å². The highest BCUT2D eigenvalue weighted by molar-refractivity contribution is 6.41. The number of halogens is 2. The van der Waals surface area contributed by atoms with Crippen LogP contribution in [0.5, 0.6) is 0 Å². The lowest BCUT2D eigenvalue weighted by atomic mass is 10.5. The second-order valence-electron chi connectivity index (χ2n) is 1.57. The number of carbonyl (C=O) groups excluding carboxylic acids is 1. The molecule has 2 nitrogen and oxygen atoms in total. The first-order chi connectivity index (χ1) is 4.59. The van der Waals surface area contributed by atoms with Crippen LogP contribution in [0.4, 0.5) is 4.39 Å². The van der Waals surface area contributed by atoms with Crippen molar-refractivity contribution in [3.8, 4) is 0 Å². The Morgan fingerprint density at radius 3 is 2.50 bits per heavy atom. The van der Waals surface area contributed by atoms with Crippen LogP contribution in [0, 0.1) is 0 Å². The van der Waals surface area contributed by atoms with Crippen LogP contribution in [0.3, 0.4) is 0 Å². The summed E-state index contributed by atoms with van der Waals surface area (Å²) in [5, 5.41) is -0.484. The zero-order valence-electron chi connectivity index (χ0n) is 5.78. The molecule has 0 unspecified atom stereocenters. The molecule has 0 aliphatic rings. The van der Waals surface area contributed by atoms with Gasteiger partial charge in [-0.05, 0) is 13.8 Å². The summed E-state index contributed by atoms with van der Waals surface area (Å²) in [4.78, 5) is 10.5. The van der Waals surface area contributed by atoms with E-state index in [2.05, 4.69) is 4.74 Å².